The Morgan fingerprint density at radius 1 is 1.47 bits per heavy atom. The van der Waals surface area contributed by atoms with Crippen molar-refractivity contribution in [2.24, 2.45) is 0 Å². The van der Waals surface area contributed by atoms with Gasteiger partial charge in [0.15, 0.2) is 0 Å². The van der Waals surface area contributed by atoms with E-state index in [1.54, 1.807) is 18.2 Å². The zero-order chi connectivity index (χ0) is 10.8. The second-order valence-corrected chi connectivity index (χ2v) is 3.23. The lowest BCUT2D eigenvalue weighted by Crippen LogP contribution is -2.01. The Labute approximate surface area is 84.3 Å². The molecule has 15 heavy (non-hydrogen) atoms. The van der Waals surface area contributed by atoms with Crippen molar-refractivity contribution in [2.75, 3.05) is 0 Å². The monoisotopic (exact) mass is 207 g/mol. The van der Waals surface area contributed by atoms with Gasteiger partial charge in [-0.05, 0) is 18.1 Å². The molecule has 0 aliphatic rings. The molecule has 0 spiro atoms. The number of rotatable bonds is 3. The number of hydrogen-bond donors (Lipinski definition) is 2. The molecule has 2 aromatic rings. The van der Waals surface area contributed by atoms with Crippen LogP contribution in [0.1, 0.15) is 12.0 Å². The predicted molar refractivity (Wildman–Crippen MR) is 52.8 cm³/mol. The first kappa shape index (κ1) is 9.51. The fraction of sp³-hybridized carbons (Fsp3) is 0.200. The van der Waals surface area contributed by atoms with Crippen LogP contribution in [0.2, 0.25) is 0 Å². The van der Waals surface area contributed by atoms with Crippen molar-refractivity contribution in [2.45, 2.75) is 12.8 Å². The van der Waals surface area contributed by atoms with Gasteiger partial charge in [-0.1, -0.05) is 12.1 Å². The maximum Gasteiger partial charge on any atom is 0.365 e. The third-order valence-corrected chi connectivity index (χ3v) is 2.22. The van der Waals surface area contributed by atoms with Crippen LogP contribution in [0.25, 0.3) is 10.9 Å². The minimum Gasteiger partial charge on any atom is -0.481 e. The highest BCUT2D eigenvalue weighted by Crippen LogP contribution is 2.14. The number of nitrogens with one attached hydrogen (secondary N) is 1. The van der Waals surface area contributed by atoms with Gasteiger partial charge < -0.3 is 9.63 Å². The van der Waals surface area contributed by atoms with Crippen molar-refractivity contribution >= 4 is 16.9 Å². The van der Waals surface area contributed by atoms with Gasteiger partial charge in [-0.3, -0.25) is 4.79 Å². The van der Waals surface area contributed by atoms with Crippen molar-refractivity contribution in [1.29, 1.82) is 0 Å². The molecule has 0 aliphatic carbocycles. The van der Waals surface area contributed by atoms with Gasteiger partial charge in [0.05, 0.1) is 10.9 Å². The van der Waals surface area contributed by atoms with E-state index in [1.807, 2.05) is 0 Å². The maximum absolute atomic E-state index is 11.3. The molecular formula is C10H9NO4. The molecule has 0 radical (unpaired) electrons. The van der Waals surface area contributed by atoms with Crippen LogP contribution in [0.3, 0.4) is 0 Å². The molecule has 0 atom stereocenters. The van der Waals surface area contributed by atoms with Crippen LogP contribution in [-0.2, 0) is 11.2 Å². The summed E-state index contributed by atoms with van der Waals surface area (Å²) in [6.07, 6.45) is 0.332. The van der Waals surface area contributed by atoms with Gasteiger partial charge in [0.25, 0.3) is 0 Å². The number of aryl methyl sites for hydroxylation is 1. The second-order valence-electron chi connectivity index (χ2n) is 3.23. The molecule has 1 aromatic heterocycles. The van der Waals surface area contributed by atoms with E-state index < -0.39 is 11.6 Å². The minimum absolute atomic E-state index is 0.00370. The average Bonchev–Trinajstić information content (AvgIpc) is 2.58. The Morgan fingerprint density at radius 3 is 3.00 bits per heavy atom. The van der Waals surface area contributed by atoms with E-state index in [0.717, 1.165) is 0 Å². The first-order valence-corrected chi connectivity index (χ1v) is 4.49. The molecule has 5 heteroatoms. The van der Waals surface area contributed by atoms with Gasteiger partial charge in [-0.2, -0.15) is 0 Å². The van der Waals surface area contributed by atoms with Crippen LogP contribution >= 0.6 is 0 Å². The summed E-state index contributed by atoms with van der Waals surface area (Å²) < 4.78 is 4.63. The molecule has 1 heterocycles. The molecule has 0 fully saturated rings. The van der Waals surface area contributed by atoms with E-state index in [1.165, 1.54) is 0 Å². The summed E-state index contributed by atoms with van der Waals surface area (Å²) >= 11 is 0. The summed E-state index contributed by atoms with van der Waals surface area (Å²) in [6.45, 7) is 0. The van der Waals surface area contributed by atoms with Crippen LogP contribution in [0.15, 0.2) is 27.5 Å². The fourth-order valence-electron chi connectivity index (χ4n) is 1.53. The highest BCUT2D eigenvalue weighted by atomic mass is 16.5. The van der Waals surface area contributed by atoms with Gasteiger partial charge in [0, 0.05) is 6.42 Å². The zero-order valence-electron chi connectivity index (χ0n) is 7.82. The molecule has 0 unspecified atom stereocenters. The van der Waals surface area contributed by atoms with Gasteiger partial charge in [-0.15, -0.1) is 0 Å². The number of benzene rings is 1. The quantitative estimate of drug-likeness (QED) is 0.790. The van der Waals surface area contributed by atoms with Gasteiger partial charge in [-0.25, -0.2) is 9.95 Å². The first-order valence-electron chi connectivity index (χ1n) is 4.49. The van der Waals surface area contributed by atoms with Crippen LogP contribution in [0.5, 0.6) is 0 Å². The summed E-state index contributed by atoms with van der Waals surface area (Å²) in [5.41, 5.74) is 0.846. The summed E-state index contributed by atoms with van der Waals surface area (Å²) in [7, 11) is 0. The van der Waals surface area contributed by atoms with E-state index in [-0.39, 0.29) is 6.42 Å². The largest absolute Gasteiger partial charge is 0.481 e. The van der Waals surface area contributed by atoms with E-state index >= 15 is 0 Å². The topological polar surface area (TPSA) is 83.3 Å². The van der Waals surface area contributed by atoms with E-state index in [4.69, 9.17) is 5.11 Å². The van der Waals surface area contributed by atoms with Crippen LogP contribution in [0, 0.1) is 0 Å². The van der Waals surface area contributed by atoms with Crippen LogP contribution in [-0.4, -0.2) is 16.2 Å². The van der Waals surface area contributed by atoms with Crippen molar-refractivity contribution in [3.63, 3.8) is 0 Å². The number of carboxylic acid groups (broad SMARTS) is 1. The van der Waals surface area contributed by atoms with Crippen molar-refractivity contribution in [1.82, 2.24) is 5.16 Å². The second kappa shape index (κ2) is 3.61. The van der Waals surface area contributed by atoms with Crippen LogP contribution in [0.4, 0.5) is 0 Å². The number of carbonyl (C=O) groups is 1. The highest BCUT2D eigenvalue weighted by molar-refractivity contribution is 5.81. The Hall–Kier alpha value is -2.04. The lowest BCUT2D eigenvalue weighted by molar-refractivity contribution is -0.136. The average molecular weight is 207 g/mol. The molecule has 2 N–H and O–H groups in total. The minimum atomic E-state index is -0.882. The van der Waals surface area contributed by atoms with Crippen molar-refractivity contribution < 1.29 is 14.4 Å². The number of aliphatic carboxylic acids is 1. The predicted octanol–water partition coefficient (Wildman–Crippen LogP) is 1.14. The number of H-pyrrole nitrogens is 1. The molecule has 78 valence electrons. The normalized spacial score (nSPS) is 10.7. The highest BCUT2D eigenvalue weighted by Gasteiger charge is 2.09. The standard InChI is InChI=1S/C10H9NO4/c12-8(13)5-4-6-2-1-3-7-9(6)10(14)15-11-7/h1-3,11H,4-5H2,(H,12,13). The van der Waals surface area contributed by atoms with Gasteiger partial charge >= 0.3 is 11.6 Å². The Kier molecular flexibility index (Phi) is 2.29. The van der Waals surface area contributed by atoms with Crippen molar-refractivity contribution in [3.8, 4) is 0 Å². The smallest absolute Gasteiger partial charge is 0.365 e. The molecule has 0 bridgehead atoms. The molecule has 0 saturated heterocycles. The molecule has 5 nitrogen and oxygen atoms in total. The summed E-state index contributed by atoms with van der Waals surface area (Å²) in [6, 6.07) is 5.20. The summed E-state index contributed by atoms with van der Waals surface area (Å²) in [4.78, 5) is 21.7. The number of hydrogen-bond acceptors (Lipinski definition) is 3. The SMILES string of the molecule is O=C(O)CCc1cccc2[nH]oc(=O)c12. The molecule has 0 saturated carbocycles. The molecule has 0 amide bonds. The third-order valence-electron chi connectivity index (χ3n) is 2.22. The molecule has 1 aromatic carbocycles. The van der Waals surface area contributed by atoms with Gasteiger partial charge in [0.1, 0.15) is 0 Å². The summed E-state index contributed by atoms with van der Waals surface area (Å²) in [5.74, 6) is -0.882. The molecular weight excluding hydrogens is 198 g/mol. The Bertz CT molecular complexity index is 552. The van der Waals surface area contributed by atoms with Gasteiger partial charge in [0.2, 0.25) is 0 Å². The Morgan fingerprint density at radius 2 is 2.27 bits per heavy atom. The number of carboxylic acids is 1. The van der Waals surface area contributed by atoms with E-state index in [2.05, 4.69) is 9.68 Å². The number of fused-ring (bicyclic) bond motifs is 1. The van der Waals surface area contributed by atoms with Crippen LogP contribution < -0.4 is 5.63 Å². The fourth-order valence-corrected chi connectivity index (χ4v) is 1.53. The van der Waals surface area contributed by atoms with E-state index in [9.17, 15) is 9.59 Å². The third kappa shape index (κ3) is 1.76. The zero-order valence-corrected chi connectivity index (χ0v) is 7.82. The number of aromatic nitrogens is 1. The number of aromatic amines is 1. The Balaban J connectivity index is 2.46. The lowest BCUT2D eigenvalue weighted by Gasteiger charge is -1.98. The lowest BCUT2D eigenvalue weighted by atomic mass is 10.1. The van der Waals surface area contributed by atoms with Crippen molar-refractivity contribution in [3.05, 3.63) is 34.2 Å². The molecule has 2 rings (SSSR count). The molecule has 0 aliphatic heterocycles. The van der Waals surface area contributed by atoms with E-state index in [0.29, 0.717) is 22.9 Å². The summed E-state index contributed by atoms with van der Waals surface area (Å²) in [5, 5.41) is 11.5. The maximum atomic E-state index is 11.3. The first-order chi connectivity index (χ1) is 7.18.